The van der Waals surface area contributed by atoms with Gasteiger partial charge < -0.3 is 20.3 Å². The van der Waals surface area contributed by atoms with Crippen molar-refractivity contribution < 1.29 is 19.0 Å². The van der Waals surface area contributed by atoms with E-state index >= 15 is 0 Å². The summed E-state index contributed by atoms with van der Waals surface area (Å²) < 4.78 is 24.6. The highest BCUT2D eigenvalue weighted by Gasteiger charge is 2.11. The summed E-state index contributed by atoms with van der Waals surface area (Å²) in [6, 6.07) is 9.13. The number of hydrogen-bond acceptors (Lipinski definition) is 4. The Balaban J connectivity index is 2.32. The van der Waals surface area contributed by atoms with Gasteiger partial charge in [0, 0.05) is 5.56 Å². The Morgan fingerprint density at radius 3 is 2.48 bits per heavy atom. The summed E-state index contributed by atoms with van der Waals surface area (Å²) in [5.74, 6) is 0.203. The lowest BCUT2D eigenvalue weighted by Gasteiger charge is -2.12. The van der Waals surface area contributed by atoms with Crippen LogP contribution in [0.25, 0.3) is 0 Å². The molecule has 2 aromatic carbocycles. The normalized spacial score (nSPS) is 10.2. The Morgan fingerprint density at radius 1 is 1.19 bits per heavy atom. The van der Waals surface area contributed by atoms with Crippen LogP contribution in [-0.4, -0.2) is 17.2 Å². The second kappa shape index (κ2) is 6.51. The Bertz CT molecular complexity index is 676. The smallest absolute Gasteiger partial charge is 0.169 e. The number of aliphatic hydroxyl groups is 1. The fraction of sp³-hybridized carbons (Fsp3) is 0.133. The average molecular weight is 307 g/mol. The third kappa shape index (κ3) is 3.48. The Kier molecular flexibility index (Phi) is 4.72. The van der Waals surface area contributed by atoms with Crippen LogP contribution in [-0.2, 0) is 6.61 Å². The number of halogens is 1. The first-order chi connectivity index (χ1) is 10.0. The zero-order valence-corrected chi connectivity index (χ0v) is 12.1. The van der Waals surface area contributed by atoms with E-state index in [0.717, 1.165) is 0 Å². The molecule has 0 saturated carbocycles. The molecule has 2 rings (SSSR count). The SMILES string of the molecule is COc1cc(CO)ccc1Oc1ccc(C(N)=S)cc1F. The van der Waals surface area contributed by atoms with Crippen molar-refractivity contribution >= 4 is 17.2 Å². The molecule has 4 nitrogen and oxygen atoms in total. The van der Waals surface area contributed by atoms with Crippen LogP contribution in [0.5, 0.6) is 17.2 Å². The van der Waals surface area contributed by atoms with E-state index in [0.29, 0.717) is 22.6 Å². The zero-order valence-electron chi connectivity index (χ0n) is 11.3. The van der Waals surface area contributed by atoms with Crippen LogP contribution in [0, 0.1) is 5.82 Å². The summed E-state index contributed by atoms with van der Waals surface area (Å²) in [5, 5.41) is 9.08. The van der Waals surface area contributed by atoms with Gasteiger partial charge in [0.2, 0.25) is 0 Å². The van der Waals surface area contributed by atoms with E-state index in [2.05, 4.69) is 0 Å². The number of rotatable bonds is 5. The Morgan fingerprint density at radius 2 is 1.90 bits per heavy atom. The minimum absolute atomic E-state index is 0.0325. The van der Waals surface area contributed by atoms with Crippen molar-refractivity contribution in [1.29, 1.82) is 0 Å². The molecule has 0 spiro atoms. The van der Waals surface area contributed by atoms with Crippen LogP contribution in [0.4, 0.5) is 4.39 Å². The Labute approximate surface area is 126 Å². The number of benzene rings is 2. The monoisotopic (exact) mass is 307 g/mol. The van der Waals surface area contributed by atoms with Gasteiger partial charge in [-0.2, -0.15) is 0 Å². The van der Waals surface area contributed by atoms with Crippen molar-refractivity contribution in [3.8, 4) is 17.2 Å². The first kappa shape index (κ1) is 15.2. The maximum absolute atomic E-state index is 14.0. The molecule has 0 bridgehead atoms. The third-order valence-corrected chi connectivity index (χ3v) is 3.08. The van der Waals surface area contributed by atoms with Crippen LogP contribution in [0.15, 0.2) is 36.4 Å². The van der Waals surface area contributed by atoms with Gasteiger partial charge in [0.05, 0.1) is 13.7 Å². The predicted octanol–water partition coefficient (Wildman–Crippen LogP) is 2.75. The summed E-state index contributed by atoms with van der Waals surface area (Å²) in [6.07, 6.45) is 0. The van der Waals surface area contributed by atoms with Gasteiger partial charge in [-0.25, -0.2) is 4.39 Å². The number of aliphatic hydroxyl groups excluding tert-OH is 1. The number of thiocarbonyl (C=S) groups is 1. The molecule has 0 aliphatic carbocycles. The highest BCUT2D eigenvalue weighted by molar-refractivity contribution is 7.80. The van der Waals surface area contributed by atoms with Crippen LogP contribution in [0.2, 0.25) is 0 Å². The lowest BCUT2D eigenvalue weighted by Crippen LogP contribution is -2.09. The molecule has 0 aliphatic heterocycles. The summed E-state index contributed by atoms with van der Waals surface area (Å²) in [5.41, 5.74) is 6.54. The number of ether oxygens (including phenoxy) is 2. The lowest BCUT2D eigenvalue weighted by atomic mass is 10.2. The molecule has 0 heterocycles. The van der Waals surface area contributed by atoms with Gasteiger partial charge >= 0.3 is 0 Å². The van der Waals surface area contributed by atoms with Crippen LogP contribution < -0.4 is 15.2 Å². The summed E-state index contributed by atoms with van der Waals surface area (Å²) in [6.45, 7) is -0.117. The Hall–Kier alpha value is -2.18. The molecule has 0 unspecified atom stereocenters. The molecule has 0 aromatic heterocycles. The molecule has 0 fully saturated rings. The first-order valence-corrected chi connectivity index (χ1v) is 6.51. The summed E-state index contributed by atoms with van der Waals surface area (Å²) in [4.78, 5) is 0.116. The van der Waals surface area contributed by atoms with Crippen molar-refractivity contribution in [1.82, 2.24) is 0 Å². The van der Waals surface area contributed by atoms with Crippen molar-refractivity contribution in [3.63, 3.8) is 0 Å². The highest BCUT2D eigenvalue weighted by Crippen LogP contribution is 2.33. The first-order valence-electron chi connectivity index (χ1n) is 6.10. The highest BCUT2D eigenvalue weighted by atomic mass is 32.1. The standard InChI is InChI=1S/C15H14FNO3S/c1-19-14-6-9(8-18)2-4-13(14)20-12-5-3-10(15(17)21)7-11(12)16/h2-7,18H,8H2,1H3,(H2,17,21). The van der Waals surface area contributed by atoms with E-state index in [1.165, 1.54) is 19.2 Å². The summed E-state index contributed by atoms with van der Waals surface area (Å²) in [7, 11) is 1.47. The van der Waals surface area contributed by atoms with Gasteiger partial charge in [-0.1, -0.05) is 18.3 Å². The topological polar surface area (TPSA) is 64.7 Å². The van der Waals surface area contributed by atoms with Crippen molar-refractivity contribution in [2.45, 2.75) is 6.61 Å². The lowest BCUT2D eigenvalue weighted by molar-refractivity contribution is 0.280. The number of methoxy groups -OCH3 is 1. The van der Waals surface area contributed by atoms with E-state index in [1.54, 1.807) is 24.3 Å². The molecule has 110 valence electrons. The van der Waals surface area contributed by atoms with E-state index < -0.39 is 5.82 Å². The fourth-order valence-electron chi connectivity index (χ4n) is 1.75. The van der Waals surface area contributed by atoms with Gasteiger partial charge in [-0.15, -0.1) is 0 Å². The second-order valence-electron chi connectivity index (χ2n) is 4.25. The minimum Gasteiger partial charge on any atom is -0.493 e. The minimum atomic E-state index is -0.575. The molecule has 2 aromatic rings. The van der Waals surface area contributed by atoms with Gasteiger partial charge in [0.15, 0.2) is 23.1 Å². The van der Waals surface area contributed by atoms with Crippen molar-refractivity contribution in [3.05, 3.63) is 53.3 Å². The molecular weight excluding hydrogens is 293 g/mol. The van der Waals surface area contributed by atoms with Gasteiger partial charge in [0.25, 0.3) is 0 Å². The van der Waals surface area contributed by atoms with Gasteiger partial charge in [-0.05, 0) is 35.9 Å². The molecule has 0 radical (unpaired) electrons. The zero-order chi connectivity index (χ0) is 15.4. The fourth-order valence-corrected chi connectivity index (χ4v) is 1.88. The maximum atomic E-state index is 14.0. The van der Waals surface area contributed by atoms with Gasteiger partial charge in [0.1, 0.15) is 4.99 Å². The van der Waals surface area contributed by atoms with E-state index in [9.17, 15) is 4.39 Å². The third-order valence-electron chi connectivity index (χ3n) is 2.85. The molecule has 6 heteroatoms. The average Bonchev–Trinajstić information content (AvgIpc) is 2.49. The van der Waals surface area contributed by atoms with Crippen LogP contribution in [0.3, 0.4) is 0 Å². The largest absolute Gasteiger partial charge is 0.493 e. The number of hydrogen-bond donors (Lipinski definition) is 2. The molecule has 0 saturated heterocycles. The van der Waals surface area contributed by atoms with Crippen molar-refractivity contribution in [2.75, 3.05) is 7.11 Å². The maximum Gasteiger partial charge on any atom is 0.169 e. The second-order valence-corrected chi connectivity index (χ2v) is 4.69. The molecule has 21 heavy (non-hydrogen) atoms. The van der Waals surface area contributed by atoms with E-state index in [1.807, 2.05) is 0 Å². The molecular formula is C15H14FNO3S. The molecule has 3 N–H and O–H groups in total. The van der Waals surface area contributed by atoms with E-state index in [4.69, 9.17) is 32.5 Å². The van der Waals surface area contributed by atoms with Crippen LogP contribution >= 0.6 is 12.2 Å². The van der Waals surface area contributed by atoms with E-state index in [-0.39, 0.29) is 17.3 Å². The molecule has 0 aliphatic rings. The summed E-state index contributed by atoms with van der Waals surface area (Å²) >= 11 is 4.79. The molecule has 0 atom stereocenters. The van der Waals surface area contributed by atoms with Gasteiger partial charge in [-0.3, -0.25) is 0 Å². The number of nitrogens with two attached hydrogens (primary N) is 1. The molecule has 0 amide bonds. The van der Waals surface area contributed by atoms with Crippen molar-refractivity contribution in [2.24, 2.45) is 5.73 Å². The predicted molar refractivity (Wildman–Crippen MR) is 81.3 cm³/mol. The quantitative estimate of drug-likeness (QED) is 0.832. The van der Waals surface area contributed by atoms with Crippen LogP contribution in [0.1, 0.15) is 11.1 Å².